The number of hydrogen-bond acceptors (Lipinski definition) is 6. The Bertz CT molecular complexity index is 718. The Morgan fingerprint density at radius 1 is 1.50 bits per heavy atom. The zero-order chi connectivity index (χ0) is 15.0. The van der Waals surface area contributed by atoms with E-state index in [2.05, 4.69) is 4.72 Å². The predicted octanol–water partition coefficient (Wildman–Crippen LogP) is 0.302. The van der Waals surface area contributed by atoms with Gasteiger partial charge in [-0.25, -0.2) is 26.4 Å². The van der Waals surface area contributed by atoms with Crippen molar-refractivity contribution in [2.75, 3.05) is 12.3 Å². The number of hydrogen-bond donors (Lipinski definition) is 2. The lowest BCUT2D eigenvalue weighted by atomic mass is 10.2. The average molecular weight is 339 g/mol. The van der Waals surface area contributed by atoms with Gasteiger partial charge < -0.3 is 5.11 Å². The van der Waals surface area contributed by atoms with Crippen LogP contribution in [0.5, 0.6) is 0 Å². The minimum atomic E-state index is -3.88. The summed E-state index contributed by atoms with van der Waals surface area (Å²) in [5.41, 5.74) is 0. The number of carbonyl (C=O) groups is 1. The highest BCUT2D eigenvalue weighted by Crippen LogP contribution is 2.22. The molecule has 2 heterocycles. The number of rotatable bonds is 5. The van der Waals surface area contributed by atoms with Gasteiger partial charge in [0.1, 0.15) is 4.88 Å². The predicted molar refractivity (Wildman–Crippen MR) is 73.3 cm³/mol. The SMILES string of the molecule is O=C(O)c1cc(S(=O)(=O)NCC2CCCS2(=O)=O)cs1. The second-order valence-corrected chi connectivity index (χ2v) is 9.51. The molecule has 1 aromatic rings. The van der Waals surface area contributed by atoms with E-state index in [-0.39, 0.29) is 22.1 Å². The van der Waals surface area contributed by atoms with E-state index >= 15 is 0 Å². The van der Waals surface area contributed by atoms with E-state index in [0.29, 0.717) is 12.8 Å². The van der Waals surface area contributed by atoms with Crippen LogP contribution in [0, 0.1) is 0 Å². The minimum absolute atomic E-state index is 0.0843. The van der Waals surface area contributed by atoms with Crippen molar-refractivity contribution in [1.29, 1.82) is 0 Å². The van der Waals surface area contributed by atoms with Crippen LogP contribution < -0.4 is 4.72 Å². The van der Waals surface area contributed by atoms with Crippen molar-refractivity contribution in [3.05, 3.63) is 16.3 Å². The molecule has 1 aromatic heterocycles. The van der Waals surface area contributed by atoms with Crippen molar-refractivity contribution < 1.29 is 26.7 Å². The van der Waals surface area contributed by atoms with Crippen LogP contribution in [0.15, 0.2) is 16.3 Å². The molecule has 0 aromatic carbocycles. The van der Waals surface area contributed by atoms with Gasteiger partial charge in [0.25, 0.3) is 0 Å². The molecule has 0 amide bonds. The summed E-state index contributed by atoms with van der Waals surface area (Å²) in [6, 6.07) is 1.05. The maximum Gasteiger partial charge on any atom is 0.345 e. The Morgan fingerprint density at radius 3 is 2.70 bits per heavy atom. The first kappa shape index (κ1) is 15.4. The van der Waals surface area contributed by atoms with Crippen LogP contribution in [-0.4, -0.2) is 45.5 Å². The fourth-order valence-corrected chi connectivity index (χ4v) is 6.01. The van der Waals surface area contributed by atoms with E-state index < -0.39 is 31.1 Å². The molecule has 1 aliphatic rings. The summed E-state index contributed by atoms with van der Waals surface area (Å²) >= 11 is 0.805. The Labute approximate surface area is 120 Å². The highest BCUT2D eigenvalue weighted by Gasteiger charge is 2.32. The summed E-state index contributed by atoms with van der Waals surface area (Å²) in [4.78, 5) is 10.5. The first-order valence-corrected chi connectivity index (χ1v) is 9.83. The van der Waals surface area contributed by atoms with E-state index in [1.165, 1.54) is 5.38 Å². The summed E-state index contributed by atoms with van der Waals surface area (Å²) in [5.74, 6) is -1.11. The second-order valence-electron chi connectivity index (χ2n) is 4.43. The highest BCUT2D eigenvalue weighted by molar-refractivity contribution is 7.92. The molecular formula is C10H13NO6S3. The number of carboxylic acid groups (broad SMARTS) is 1. The van der Waals surface area contributed by atoms with Crippen LogP contribution in [0.25, 0.3) is 0 Å². The normalized spacial score (nSPS) is 21.9. The van der Waals surface area contributed by atoms with E-state index in [0.717, 1.165) is 17.4 Å². The monoisotopic (exact) mass is 339 g/mol. The Morgan fingerprint density at radius 2 is 2.20 bits per heavy atom. The van der Waals surface area contributed by atoms with Crippen LogP contribution in [0.4, 0.5) is 0 Å². The largest absolute Gasteiger partial charge is 0.477 e. The number of aromatic carboxylic acids is 1. The molecule has 10 heteroatoms. The van der Waals surface area contributed by atoms with Crippen molar-refractivity contribution in [1.82, 2.24) is 4.72 Å². The molecule has 0 spiro atoms. The molecule has 0 radical (unpaired) electrons. The van der Waals surface area contributed by atoms with E-state index in [9.17, 15) is 21.6 Å². The Balaban J connectivity index is 2.09. The molecule has 1 aliphatic heterocycles. The number of thiophene rings is 1. The Kier molecular flexibility index (Phi) is 4.19. The molecule has 1 saturated heterocycles. The fourth-order valence-electron chi connectivity index (χ4n) is 1.95. The quantitative estimate of drug-likeness (QED) is 0.797. The van der Waals surface area contributed by atoms with E-state index in [4.69, 9.17) is 5.11 Å². The summed E-state index contributed by atoms with van der Waals surface area (Å²) in [5, 5.41) is 9.27. The molecule has 1 unspecified atom stereocenters. The van der Waals surface area contributed by atoms with Crippen molar-refractivity contribution in [2.45, 2.75) is 23.0 Å². The molecule has 0 saturated carbocycles. The van der Waals surface area contributed by atoms with Crippen LogP contribution in [0.2, 0.25) is 0 Å². The second kappa shape index (κ2) is 5.43. The summed E-state index contributed by atoms with van der Waals surface area (Å²) in [6.45, 7) is -0.178. The average Bonchev–Trinajstić information content (AvgIpc) is 2.93. The molecule has 2 rings (SSSR count). The van der Waals surface area contributed by atoms with Gasteiger partial charge in [0.05, 0.1) is 15.9 Å². The van der Waals surface area contributed by atoms with Crippen LogP contribution in [-0.2, 0) is 19.9 Å². The number of nitrogens with one attached hydrogen (secondary N) is 1. The van der Waals surface area contributed by atoms with Crippen molar-refractivity contribution >= 4 is 37.2 Å². The van der Waals surface area contributed by atoms with Gasteiger partial charge >= 0.3 is 5.97 Å². The third-order valence-corrected chi connectivity index (χ3v) is 7.81. The zero-order valence-corrected chi connectivity index (χ0v) is 12.7. The smallest absolute Gasteiger partial charge is 0.345 e. The summed E-state index contributed by atoms with van der Waals surface area (Å²) in [7, 11) is -7.10. The maximum absolute atomic E-state index is 11.9. The third kappa shape index (κ3) is 3.19. The number of sulfone groups is 1. The van der Waals surface area contributed by atoms with E-state index in [1.807, 2.05) is 0 Å². The minimum Gasteiger partial charge on any atom is -0.477 e. The molecule has 1 fully saturated rings. The molecular weight excluding hydrogens is 326 g/mol. The van der Waals surface area contributed by atoms with Crippen LogP contribution >= 0.6 is 11.3 Å². The molecule has 2 N–H and O–H groups in total. The first-order valence-electron chi connectivity index (χ1n) is 5.75. The van der Waals surface area contributed by atoms with E-state index in [1.54, 1.807) is 0 Å². The summed E-state index contributed by atoms with van der Waals surface area (Å²) < 4.78 is 49.3. The van der Waals surface area contributed by atoms with Gasteiger partial charge in [-0.3, -0.25) is 0 Å². The lowest BCUT2D eigenvalue weighted by Crippen LogP contribution is -2.34. The maximum atomic E-state index is 11.9. The highest BCUT2D eigenvalue weighted by atomic mass is 32.2. The van der Waals surface area contributed by atoms with Crippen molar-refractivity contribution in [2.24, 2.45) is 0 Å². The zero-order valence-electron chi connectivity index (χ0n) is 10.3. The van der Waals surface area contributed by atoms with Gasteiger partial charge in [0.2, 0.25) is 10.0 Å². The van der Waals surface area contributed by atoms with Gasteiger partial charge in [-0.05, 0) is 18.9 Å². The molecule has 0 bridgehead atoms. The van der Waals surface area contributed by atoms with Gasteiger partial charge in [0, 0.05) is 11.9 Å². The van der Waals surface area contributed by atoms with Crippen molar-refractivity contribution in [3.8, 4) is 0 Å². The molecule has 112 valence electrons. The van der Waals surface area contributed by atoms with Gasteiger partial charge in [0.15, 0.2) is 9.84 Å². The lowest BCUT2D eigenvalue weighted by molar-refractivity contribution is 0.0702. The Hall–Kier alpha value is -0.970. The van der Waals surface area contributed by atoms with Crippen molar-refractivity contribution in [3.63, 3.8) is 0 Å². The molecule has 0 aliphatic carbocycles. The standard InChI is InChI=1S/C10H13NO6S3/c12-10(13)9-4-8(6-18-9)20(16,17)11-5-7-2-1-3-19(7,14)15/h4,6-7,11H,1-3,5H2,(H,12,13). The lowest BCUT2D eigenvalue weighted by Gasteiger charge is -2.10. The van der Waals surface area contributed by atoms with Gasteiger partial charge in [-0.2, -0.15) is 0 Å². The molecule has 1 atom stereocenters. The molecule has 20 heavy (non-hydrogen) atoms. The first-order chi connectivity index (χ1) is 9.22. The van der Waals surface area contributed by atoms with Crippen LogP contribution in [0.1, 0.15) is 22.5 Å². The summed E-state index contributed by atoms with van der Waals surface area (Å²) in [6.07, 6.45) is 0.977. The van der Waals surface area contributed by atoms with Crippen LogP contribution in [0.3, 0.4) is 0 Å². The topological polar surface area (TPSA) is 118 Å². The van der Waals surface area contributed by atoms with Gasteiger partial charge in [-0.1, -0.05) is 0 Å². The fraction of sp³-hybridized carbons (Fsp3) is 0.500. The third-order valence-electron chi connectivity index (χ3n) is 3.06. The molecule has 7 nitrogen and oxygen atoms in total. The number of carboxylic acids is 1. The van der Waals surface area contributed by atoms with Gasteiger partial charge in [-0.15, -0.1) is 11.3 Å². The number of sulfonamides is 1.